The third-order valence-corrected chi connectivity index (χ3v) is 8.26. The Morgan fingerprint density at radius 1 is 1.04 bits per heavy atom. The fraction of sp³-hybridized carbons (Fsp3) is 0.441. The van der Waals surface area contributed by atoms with Gasteiger partial charge in [-0.3, -0.25) is 29.4 Å². The van der Waals surface area contributed by atoms with Crippen LogP contribution in [0.4, 0.5) is 4.79 Å². The van der Waals surface area contributed by atoms with Gasteiger partial charge in [0.15, 0.2) is 0 Å². The zero-order valence-electron chi connectivity index (χ0n) is 26.4. The fourth-order valence-electron chi connectivity index (χ4n) is 5.99. The summed E-state index contributed by atoms with van der Waals surface area (Å²) in [7, 11) is 1.52. The number of carbonyl (C=O) groups excluding carboxylic acids is 4. The fourth-order valence-corrected chi connectivity index (χ4v) is 5.99. The second kappa shape index (κ2) is 12.8. The first kappa shape index (κ1) is 32.5. The Morgan fingerprint density at radius 2 is 1.78 bits per heavy atom. The molecule has 46 heavy (non-hydrogen) atoms. The van der Waals surface area contributed by atoms with Crippen LogP contribution in [0.1, 0.15) is 66.7 Å². The van der Waals surface area contributed by atoms with Crippen molar-refractivity contribution in [1.82, 2.24) is 20.0 Å². The number of ether oxygens (including phenoxy) is 2. The van der Waals surface area contributed by atoms with Crippen molar-refractivity contribution in [1.29, 1.82) is 0 Å². The lowest BCUT2D eigenvalue weighted by molar-refractivity contribution is -0.143. The molecule has 242 valence electrons. The van der Waals surface area contributed by atoms with Gasteiger partial charge in [-0.05, 0) is 62.6 Å². The molecule has 3 aliphatic heterocycles. The van der Waals surface area contributed by atoms with Gasteiger partial charge in [0.1, 0.15) is 22.8 Å². The molecule has 2 fully saturated rings. The summed E-state index contributed by atoms with van der Waals surface area (Å²) in [5.41, 5.74) is 0.282. The van der Waals surface area contributed by atoms with E-state index in [2.05, 4.69) is 17.2 Å². The van der Waals surface area contributed by atoms with Crippen LogP contribution in [0.3, 0.4) is 0 Å². The molecule has 4 amide bonds. The number of methoxy groups -OCH3 is 1. The molecule has 2 atom stereocenters. The van der Waals surface area contributed by atoms with E-state index in [1.807, 2.05) is 4.90 Å². The molecule has 0 aromatic heterocycles. The monoisotopic (exact) mass is 630 g/mol. The van der Waals surface area contributed by atoms with Crippen molar-refractivity contribution >= 4 is 29.8 Å². The zero-order chi connectivity index (χ0) is 33.2. The predicted octanol–water partition coefficient (Wildman–Crippen LogP) is 2.80. The number of carboxylic acids is 1. The summed E-state index contributed by atoms with van der Waals surface area (Å²) >= 11 is 0. The predicted molar refractivity (Wildman–Crippen MR) is 166 cm³/mol. The Hall–Kier alpha value is -4.89. The lowest BCUT2D eigenvalue weighted by Crippen LogP contribution is -2.42. The molecular weight excluding hydrogens is 592 g/mol. The number of nitrogens with one attached hydrogen (secondary N) is 1. The van der Waals surface area contributed by atoms with Crippen LogP contribution < -0.4 is 10.1 Å². The molecule has 2 aromatic carbocycles. The number of hydrogen-bond acceptors (Lipinski definition) is 8. The second-order valence-electron chi connectivity index (χ2n) is 12.8. The quantitative estimate of drug-likeness (QED) is 0.364. The molecule has 5 rings (SSSR count). The van der Waals surface area contributed by atoms with E-state index in [9.17, 15) is 29.1 Å². The smallest absolute Gasteiger partial charge is 0.410 e. The van der Waals surface area contributed by atoms with Gasteiger partial charge in [-0.15, -0.1) is 0 Å². The summed E-state index contributed by atoms with van der Waals surface area (Å²) in [5.74, 6) is 4.21. The molecule has 12 heteroatoms. The lowest BCUT2D eigenvalue weighted by Gasteiger charge is -2.28. The highest BCUT2D eigenvalue weighted by Crippen LogP contribution is 2.34. The van der Waals surface area contributed by atoms with Crippen LogP contribution in [-0.4, -0.2) is 95.0 Å². The van der Waals surface area contributed by atoms with Gasteiger partial charge in [-0.1, -0.05) is 30.0 Å². The number of fused-ring (bicyclic) bond motifs is 1. The zero-order valence-corrected chi connectivity index (χ0v) is 26.4. The number of benzene rings is 2. The van der Waals surface area contributed by atoms with E-state index in [0.29, 0.717) is 55.0 Å². The maximum absolute atomic E-state index is 13.2. The number of aliphatic carboxylic acids is 1. The molecule has 0 aliphatic carbocycles. The number of hydrogen-bond donors (Lipinski definition) is 2. The van der Waals surface area contributed by atoms with Crippen molar-refractivity contribution in [3.8, 4) is 17.6 Å². The number of carboxylic acid groups (broad SMARTS) is 1. The van der Waals surface area contributed by atoms with Crippen molar-refractivity contribution in [2.75, 3.05) is 39.8 Å². The maximum atomic E-state index is 13.2. The average molecular weight is 631 g/mol. The highest BCUT2D eigenvalue weighted by molar-refractivity contribution is 6.08. The molecule has 2 N–H and O–H groups in total. The highest BCUT2D eigenvalue weighted by Gasteiger charge is 2.48. The van der Waals surface area contributed by atoms with Crippen LogP contribution in [0.25, 0.3) is 0 Å². The largest absolute Gasteiger partial charge is 0.497 e. The maximum Gasteiger partial charge on any atom is 0.410 e. The molecule has 0 radical (unpaired) electrons. The Kier molecular flexibility index (Phi) is 9.08. The van der Waals surface area contributed by atoms with E-state index in [1.165, 1.54) is 12.0 Å². The molecule has 2 saturated heterocycles. The van der Waals surface area contributed by atoms with E-state index in [0.717, 1.165) is 5.56 Å². The van der Waals surface area contributed by atoms with E-state index in [4.69, 9.17) is 9.47 Å². The van der Waals surface area contributed by atoms with Gasteiger partial charge in [0.25, 0.3) is 5.91 Å². The van der Waals surface area contributed by atoms with Crippen LogP contribution in [0.15, 0.2) is 42.5 Å². The Bertz CT molecular complexity index is 1620. The molecule has 3 heterocycles. The number of nitrogens with zero attached hydrogens (tertiary/aromatic N) is 3. The minimum absolute atomic E-state index is 0.0676. The first-order valence-electron chi connectivity index (χ1n) is 15.2. The Balaban J connectivity index is 1.31. The van der Waals surface area contributed by atoms with Crippen LogP contribution >= 0.6 is 0 Å². The third-order valence-electron chi connectivity index (χ3n) is 8.26. The number of rotatable bonds is 6. The first-order valence-corrected chi connectivity index (χ1v) is 15.2. The topological polar surface area (TPSA) is 146 Å². The lowest BCUT2D eigenvalue weighted by atomic mass is 9.85. The minimum Gasteiger partial charge on any atom is -0.497 e. The molecule has 1 unspecified atom stereocenters. The van der Waals surface area contributed by atoms with Gasteiger partial charge < -0.3 is 24.4 Å². The number of carbonyl (C=O) groups is 5. The Morgan fingerprint density at radius 3 is 2.41 bits per heavy atom. The first-order chi connectivity index (χ1) is 21.8. The normalized spacial score (nSPS) is 20.7. The van der Waals surface area contributed by atoms with Crippen molar-refractivity contribution in [3.05, 3.63) is 64.7 Å². The molecule has 0 saturated carbocycles. The van der Waals surface area contributed by atoms with Gasteiger partial charge in [-0.25, -0.2) is 4.79 Å². The van der Waals surface area contributed by atoms with Crippen molar-refractivity contribution in [3.63, 3.8) is 0 Å². The molecule has 3 aliphatic rings. The molecule has 2 aromatic rings. The summed E-state index contributed by atoms with van der Waals surface area (Å²) in [6, 6.07) is 11.0. The second-order valence-corrected chi connectivity index (χ2v) is 12.8. The van der Waals surface area contributed by atoms with E-state index in [-0.39, 0.29) is 25.4 Å². The van der Waals surface area contributed by atoms with Crippen LogP contribution in [0, 0.1) is 17.3 Å². The van der Waals surface area contributed by atoms with Crippen molar-refractivity contribution in [2.24, 2.45) is 5.41 Å². The van der Waals surface area contributed by atoms with Crippen LogP contribution in [-0.2, 0) is 25.7 Å². The van der Waals surface area contributed by atoms with Gasteiger partial charge in [0.2, 0.25) is 11.8 Å². The van der Waals surface area contributed by atoms with E-state index in [1.54, 1.807) is 68.1 Å². The Labute approximate surface area is 267 Å². The number of amides is 4. The van der Waals surface area contributed by atoms with Crippen molar-refractivity contribution < 1.29 is 38.6 Å². The summed E-state index contributed by atoms with van der Waals surface area (Å²) in [6.07, 6.45) is -0.0111. The standard InChI is InChI=1S/C34H38N4O8/c1-33(2,3)46-32(44)37-15-5-14-36(16-17-37)28(30(41)42)23-8-6-22(7-9-23)12-13-34(19-27(39)35-31(34)43)21-38-20-24-10-11-25(45-4)18-26(24)29(38)40/h6-11,18,28H,5,14-17,19-21H2,1-4H3,(H,41,42)(H,35,39,43)/t28?,34-/m1/s1. The van der Waals surface area contributed by atoms with Crippen LogP contribution in [0.5, 0.6) is 5.75 Å². The average Bonchev–Trinajstić information content (AvgIpc) is 3.31. The van der Waals surface area contributed by atoms with E-state index < -0.39 is 40.9 Å². The third kappa shape index (κ3) is 7.00. The van der Waals surface area contributed by atoms with Crippen LogP contribution in [0.2, 0.25) is 0 Å². The number of imide groups is 1. The molecule has 0 spiro atoms. The molecule has 0 bridgehead atoms. The van der Waals surface area contributed by atoms with Gasteiger partial charge in [0, 0.05) is 50.4 Å². The summed E-state index contributed by atoms with van der Waals surface area (Å²) in [4.78, 5) is 68.5. The molecule has 12 nitrogen and oxygen atoms in total. The van der Waals surface area contributed by atoms with Crippen molar-refractivity contribution in [2.45, 2.75) is 51.8 Å². The summed E-state index contributed by atoms with van der Waals surface area (Å²) < 4.78 is 10.7. The summed E-state index contributed by atoms with van der Waals surface area (Å²) in [5, 5.41) is 12.5. The highest BCUT2D eigenvalue weighted by atomic mass is 16.6. The van der Waals surface area contributed by atoms with E-state index >= 15 is 0 Å². The van der Waals surface area contributed by atoms with Gasteiger partial charge in [-0.2, -0.15) is 0 Å². The molecular formula is C34H38N4O8. The SMILES string of the molecule is COc1ccc2c(c1)C(=O)N(C[C@@]1(C#Cc3ccc(C(C(=O)O)N4CCCN(C(=O)OC(C)(C)C)CC4)cc3)CC(=O)NC1=O)C2. The van der Waals surface area contributed by atoms with Gasteiger partial charge in [0.05, 0.1) is 13.5 Å². The van der Waals surface area contributed by atoms with Gasteiger partial charge >= 0.3 is 12.1 Å². The summed E-state index contributed by atoms with van der Waals surface area (Å²) in [6.45, 7) is 7.26. The minimum atomic E-state index is -1.44.